The van der Waals surface area contributed by atoms with Gasteiger partial charge in [-0.3, -0.25) is 15.6 Å². The molecule has 0 aliphatic carbocycles. The van der Waals surface area contributed by atoms with E-state index in [9.17, 15) is 9.18 Å². The number of hydrogen-bond donors (Lipinski definition) is 3. The van der Waals surface area contributed by atoms with Crippen LogP contribution in [0.15, 0.2) is 48.5 Å². The fourth-order valence-electron chi connectivity index (χ4n) is 1.46. The van der Waals surface area contributed by atoms with Crippen LogP contribution in [-0.4, -0.2) is 5.91 Å². The first-order valence-corrected chi connectivity index (χ1v) is 5.33. The van der Waals surface area contributed by atoms with Crippen LogP contribution < -0.4 is 16.6 Å². The maximum atomic E-state index is 12.8. The molecule has 2 aromatic carbocycles. The van der Waals surface area contributed by atoms with Crippen LogP contribution in [0.3, 0.4) is 0 Å². The monoisotopic (exact) mass is 245 g/mol. The molecule has 2 rings (SSSR count). The molecule has 0 spiro atoms. The van der Waals surface area contributed by atoms with Crippen LogP contribution in [0.25, 0.3) is 0 Å². The third kappa shape index (κ3) is 2.76. The van der Waals surface area contributed by atoms with Gasteiger partial charge in [0.2, 0.25) is 0 Å². The topological polar surface area (TPSA) is 67.2 Å². The van der Waals surface area contributed by atoms with E-state index in [0.29, 0.717) is 0 Å². The molecule has 2 aromatic rings. The molecule has 0 saturated heterocycles. The molecule has 0 aliphatic heterocycles. The molecule has 0 unspecified atom stereocenters. The molecule has 0 saturated carbocycles. The Bertz CT molecular complexity index is 557. The SMILES string of the molecule is Nc1cc(F)ccc1C(=O)NNc1ccccc1. The van der Waals surface area contributed by atoms with Crippen molar-refractivity contribution >= 4 is 17.3 Å². The number of carbonyl (C=O) groups excluding carboxylic acids is 1. The highest BCUT2D eigenvalue weighted by molar-refractivity contribution is 5.99. The van der Waals surface area contributed by atoms with Crippen LogP contribution in [0, 0.1) is 5.82 Å². The number of hydrazine groups is 1. The summed E-state index contributed by atoms with van der Waals surface area (Å²) >= 11 is 0. The Morgan fingerprint density at radius 1 is 1.11 bits per heavy atom. The lowest BCUT2D eigenvalue weighted by Crippen LogP contribution is -2.29. The number of hydrogen-bond acceptors (Lipinski definition) is 3. The lowest BCUT2D eigenvalue weighted by atomic mass is 10.1. The minimum Gasteiger partial charge on any atom is -0.398 e. The van der Waals surface area contributed by atoms with Crippen LogP contribution in [-0.2, 0) is 0 Å². The number of anilines is 2. The highest BCUT2D eigenvalue weighted by atomic mass is 19.1. The second kappa shape index (κ2) is 5.18. The summed E-state index contributed by atoms with van der Waals surface area (Å²) in [7, 11) is 0. The van der Waals surface area contributed by atoms with Gasteiger partial charge in [0.15, 0.2) is 0 Å². The van der Waals surface area contributed by atoms with E-state index in [1.54, 1.807) is 12.1 Å². The van der Waals surface area contributed by atoms with E-state index in [1.165, 1.54) is 12.1 Å². The third-order valence-electron chi connectivity index (χ3n) is 2.35. The van der Waals surface area contributed by atoms with Gasteiger partial charge in [-0.15, -0.1) is 0 Å². The predicted molar refractivity (Wildman–Crippen MR) is 68.3 cm³/mol. The number of nitrogens with one attached hydrogen (secondary N) is 2. The fourth-order valence-corrected chi connectivity index (χ4v) is 1.46. The van der Waals surface area contributed by atoms with Gasteiger partial charge in [0, 0.05) is 5.69 Å². The zero-order valence-corrected chi connectivity index (χ0v) is 9.48. The highest BCUT2D eigenvalue weighted by Crippen LogP contribution is 2.13. The van der Waals surface area contributed by atoms with Crippen molar-refractivity contribution in [3.63, 3.8) is 0 Å². The highest BCUT2D eigenvalue weighted by Gasteiger charge is 2.09. The molecular weight excluding hydrogens is 233 g/mol. The van der Waals surface area contributed by atoms with Gasteiger partial charge in [0.1, 0.15) is 5.82 Å². The number of nitrogens with two attached hydrogens (primary N) is 1. The summed E-state index contributed by atoms with van der Waals surface area (Å²) in [5, 5.41) is 0. The van der Waals surface area contributed by atoms with E-state index in [1.807, 2.05) is 18.2 Å². The average Bonchev–Trinajstić information content (AvgIpc) is 2.37. The molecule has 0 bridgehead atoms. The summed E-state index contributed by atoms with van der Waals surface area (Å²) in [5.74, 6) is -0.892. The molecular formula is C13H12FN3O. The molecule has 18 heavy (non-hydrogen) atoms. The van der Waals surface area contributed by atoms with Crippen LogP contribution in [0.4, 0.5) is 15.8 Å². The number of amides is 1. The normalized spacial score (nSPS) is 9.83. The van der Waals surface area contributed by atoms with Crippen LogP contribution in [0.1, 0.15) is 10.4 Å². The zero-order chi connectivity index (χ0) is 13.0. The van der Waals surface area contributed by atoms with Crippen LogP contribution in [0.2, 0.25) is 0 Å². The quantitative estimate of drug-likeness (QED) is 0.573. The van der Waals surface area contributed by atoms with Gasteiger partial charge in [0.25, 0.3) is 5.91 Å². The Hall–Kier alpha value is -2.56. The Morgan fingerprint density at radius 3 is 2.50 bits per heavy atom. The zero-order valence-electron chi connectivity index (χ0n) is 9.48. The maximum Gasteiger partial charge on any atom is 0.271 e. The van der Waals surface area contributed by atoms with Gasteiger partial charge in [-0.25, -0.2) is 4.39 Å². The van der Waals surface area contributed by atoms with E-state index in [0.717, 1.165) is 11.8 Å². The fraction of sp³-hybridized carbons (Fsp3) is 0. The number of rotatable bonds is 3. The lowest BCUT2D eigenvalue weighted by molar-refractivity contribution is 0.0963. The Morgan fingerprint density at radius 2 is 1.83 bits per heavy atom. The smallest absolute Gasteiger partial charge is 0.271 e. The Labute approximate surface area is 104 Å². The van der Waals surface area contributed by atoms with Crippen LogP contribution in [0.5, 0.6) is 0 Å². The third-order valence-corrected chi connectivity index (χ3v) is 2.35. The first kappa shape index (κ1) is 11.9. The van der Waals surface area contributed by atoms with Crippen molar-refractivity contribution in [1.82, 2.24) is 5.43 Å². The van der Waals surface area contributed by atoms with E-state index in [-0.39, 0.29) is 11.3 Å². The number of benzene rings is 2. The molecule has 1 amide bonds. The van der Waals surface area contributed by atoms with E-state index >= 15 is 0 Å². The van der Waals surface area contributed by atoms with Crippen molar-refractivity contribution in [2.24, 2.45) is 0 Å². The molecule has 0 atom stereocenters. The molecule has 0 fully saturated rings. The van der Waals surface area contributed by atoms with Crippen LogP contribution >= 0.6 is 0 Å². The van der Waals surface area contributed by atoms with Gasteiger partial charge in [-0.1, -0.05) is 18.2 Å². The van der Waals surface area contributed by atoms with E-state index in [4.69, 9.17) is 5.73 Å². The summed E-state index contributed by atoms with van der Waals surface area (Å²) in [6.07, 6.45) is 0. The molecule has 0 aromatic heterocycles. The number of nitrogen functional groups attached to an aromatic ring is 1. The van der Waals surface area contributed by atoms with Crippen molar-refractivity contribution in [1.29, 1.82) is 0 Å². The molecule has 5 heteroatoms. The van der Waals surface area contributed by atoms with Crippen molar-refractivity contribution < 1.29 is 9.18 Å². The molecule has 0 radical (unpaired) electrons. The van der Waals surface area contributed by atoms with E-state index < -0.39 is 11.7 Å². The Balaban J connectivity index is 2.04. The first-order valence-electron chi connectivity index (χ1n) is 5.33. The largest absolute Gasteiger partial charge is 0.398 e. The number of para-hydroxylation sites is 1. The summed E-state index contributed by atoms with van der Waals surface area (Å²) in [5.41, 5.74) is 11.8. The number of halogens is 1. The van der Waals surface area contributed by atoms with E-state index in [2.05, 4.69) is 10.9 Å². The molecule has 0 heterocycles. The second-order valence-electron chi connectivity index (χ2n) is 3.68. The van der Waals surface area contributed by atoms with Gasteiger partial charge in [0.05, 0.1) is 11.3 Å². The average molecular weight is 245 g/mol. The molecule has 0 aliphatic rings. The van der Waals surface area contributed by atoms with Gasteiger partial charge >= 0.3 is 0 Å². The summed E-state index contributed by atoms with van der Waals surface area (Å²) in [6, 6.07) is 12.8. The van der Waals surface area contributed by atoms with Crippen molar-refractivity contribution in [3.8, 4) is 0 Å². The molecule has 92 valence electrons. The second-order valence-corrected chi connectivity index (χ2v) is 3.68. The standard InChI is InChI=1S/C13H12FN3O/c14-9-6-7-11(12(15)8-9)13(18)17-16-10-4-2-1-3-5-10/h1-8,16H,15H2,(H,17,18). The summed E-state index contributed by atoms with van der Waals surface area (Å²) in [6.45, 7) is 0. The first-order chi connectivity index (χ1) is 8.66. The molecule has 4 N–H and O–H groups in total. The minimum atomic E-state index is -0.472. The van der Waals surface area contributed by atoms with Crippen molar-refractivity contribution in [2.45, 2.75) is 0 Å². The Kier molecular flexibility index (Phi) is 3.43. The van der Waals surface area contributed by atoms with Gasteiger partial charge in [-0.05, 0) is 30.3 Å². The van der Waals surface area contributed by atoms with Crippen molar-refractivity contribution in [2.75, 3.05) is 11.2 Å². The van der Waals surface area contributed by atoms with Gasteiger partial charge in [-0.2, -0.15) is 0 Å². The minimum absolute atomic E-state index is 0.0994. The van der Waals surface area contributed by atoms with Crippen molar-refractivity contribution in [3.05, 3.63) is 59.9 Å². The summed E-state index contributed by atoms with van der Waals surface area (Å²) in [4.78, 5) is 11.8. The number of carbonyl (C=O) groups is 1. The predicted octanol–water partition coefficient (Wildman–Crippen LogP) is 2.16. The van der Waals surface area contributed by atoms with Gasteiger partial charge < -0.3 is 5.73 Å². The molecule has 4 nitrogen and oxygen atoms in total. The summed E-state index contributed by atoms with van der Waals surface area (Å²) < 4.78 is 12.8. The lowest BCUT2D eigenvalue weighted by Gasteiger charge is -2.09. The maximum absolute atomic E-state index is 12.8.